The summed E-state index contributed by atoms with van der Waals surface area (Å²) in [7, 11) is 4.57. The van der Waals surface area contributed by atoms with Crippen LogP contribution in [0, 0.1) is 13.8 Å². The number of aliphatic hydroxyl groups is 1. The third kappa shape index (κ3) is 5.83. The van der Waals surface area contributed by atoms with Gasteiger partial charge in [0, 0.05) is 47.5 Å². The van der Waals surface area contributed by atoms with Gasteiger partial charge in [0.1, 0.15) is 18.6 Å². The van der Waals surface area contributed by atoms with Crippen molar-refractivity contribution in [2.45, 2.75) is 81.0 Å². The van der Waals surface area contributed by atoms with Gasteiger partial charge in [-0.2, -0.15) is 13.2 Å². The standard InChI is InChI=1S/C41H42F3N3O12S/c1-16-9-20-10-22-37(50)47-23-13-55-38(51)40(21-12-24(53-5)25(11-19(21)7-8-45-40)59-39(52)41(42,43)44)14-60-36(30(47)29(46(22)4)26(20)31(49)32(16)54-6)28-27(23)35-34(56-15-57-35)17(2)33(28)58-18(3)48/h9,11-12,22-23,29-30,36-37,45,49-50H,7-8,10,13-15H2,1-6H3/t22-,23-,29+,30?,36+,37-,40+/m0/s1. The number of aryl methyl sites for hydroxylation is 1. The van der Waals surface area contributed by atoms with Gasteiger partial charge in [0.25, 0.3) is 0 Å². The van der Waals surface area contributed by atoms with Crippen LogP contribution in [0.2, 0.25) is 0 Å². The number of aromatic hydroxyl groups is 1. The number of phenolic OH excluding ortho intramolecular Hbond substituents is 1. The molecule has 19 heteroatoms. The van der Waals surface area contributed by atoms with Crippen LogP contribution >= 0.6 is 11.8 Å². The molecule has 7 aliphatic rings. The van der Waals surface area contributed by atoms with E-state index >= 15 is 0 Å². The summed E-state index contributed by atoms with van der Waals surface area (Å²) < 4.78 is 80.3. The first kappa shape index (κ1) is 40.5. The smallest absolute Gasteiger partial charge is 0.491 e. The second-order valence-electron chi connectivity index (χ2n) is 15.8. The van der Waals surface area contributed by atoms with E-state index in [1.807, 2.05) is 29.8 Å². The molecule has 7 atom stereocenters. The second-order valence-corrected chi connectivity index (χ2v) is 16.9. The summed E-state index contributed by atoms with van der Waals surface area (Å²) >= 11 is 1.31. The van der Waals surface area contributed by atoms with Crippen molar-refractivity contribution in [3.8, 4) is 40.2 Å². The summed E-state index contributed by atoms with van der Waals surface area (Å²) in [5.74, 6) is -3.29. The number of hydrogen-bond acceptors (Lipinski definition) is 16. The summed E-state index contributed by atoms with van der Waals surface area (Å²) in [4.78, 5) is 43.7. The number of benzene rings is 3. The van der Waals surface area contributed by atoms with E-state index in [1.165, 1.54) is 45.0 Å². The van der Waals surface area contributed by atoms with Crippen molar-refractivity contribution in [2.24, 2.45) is 0 Å². The number of methoxy groups -OCH3 is 2. The predicted molar refractivity (Wildman–Crippen MR) is 205 cm³/mol. The van der Waals surface area contributed by atoms with Gasteiger partial charge in [0.15, 0.2) is 40.0 Å². The number of nitrogens with zero attached hydrogens (tertiary/aromatic N) is 2. The zero-order valence-corrected chi connectivity index (χ0v) is 34.2. The molecule has 15 nitrogen and oxygen atoms in total. The van der Waals surface area contributed by atoms with Gasteiger partial charge in [0.05, 0.1) is 37.6 Å². The van der Waals surface area contributed by atoms with E-state index in [2.05, 4.69) is 5.32 Å². The van der Waals surface area contributed by atoms with Crippen LogP contribution in [0.15, 0.2) is 18.2 Å². The Morgan fingerprint density at radius 2 is 1.73 bits per heavy atom. The lowest BCUT2D eigenvalue weighted by Gasteiger charge is -2.62. The Morgan fingerprint density at radius 1 is 0.983 bits per heavy atom. The van der Waals surface area contributed by atoms with Crippen molar-refractivity contribution in [3.05, 3.63) is 62.7 Å². The molecule has 0 aliphatic carbocycles. The Hall–Kier alpha value is -4.95. The quantitative estimate of drug-likeness (QED) is 0.252. The molecule has 10 rings (SSSR count). The molecular formula is C41H42F3N3O12S. The van der Waals surface area contributed by atoms with Crippen LogP contribution in [-0.2, 0) is 37.5 Å². The fraction of sp³-hybridized carbons (Fsp3) is 0.488. The molecule has 2 fully saturated rings. The Kier molecular flexibility index (Phi) is 9.66. The number of esters is 3. The highest BCUT2D eigenvalue weighted by molar-refractivity contribution is 7.99. The van der Waals surface area contributed by atoms with Crippen molar-refractivity contribution < 1.29 is 70.9 Å². The fourth-order valence-electron chi connectivity index (χ4n) is 10.2. The van der Waals surface area contributed by atoms with E-state index in [1.54, 1.807) is 6.92 Å². The number of nitrogens with one attached hydrogen (secondary N) is 1. The monoisotopic (exact) mass is 857 g/mol. The van der Waals surface area contributed by atoms with Crippen molar-refractivity contribution in [2.75, 3.05) is 47.0 Å². The summed E-state index contributed by atoms with van der Waals surface area (Å²) in [6, 6.07) is 1.91. The van der Waals surface area contributed by atoms with Crippen LogP contribution in [0.25, 0.3) is 0 Å². The minimum atomic E-state index is -5.27. The number of aliphatic hydroxyl groups excluding tert-OH is 1. The molecular weight excluding hydrogens is 816 g/mol. The average molecular weight is 858 g/mol. The Labute approximate surface area is 345 Å². The Balaban J connectivity index is 1.27. The van der Waals surface area contributed by atoms with Crippen LogP contribution in [-0.4, -0.2) is 109 Å². The fourth-order valence-corrected chi connectivity index (χ4v) is 11.9. The van der Waals surface area contributed by atoms with Crippen LogP contribution < -0.4 is 33.7 Å². The van der Waals surface area contributed by atoms with Crippen molar-refractivity contribution in [1.29, 1.82) is 0 Å². The number of rotatable bonds is 4. The van der Waals surface area contributed by atoms with Gasteiger partial charge in [0.2, 0.25) is 6.79 Å². The zero-order chi connectivity index (χ0) is 42.7. The predicted octanol–water partition coefficient (Wildman–Crippen LogP) is 4.18. The van der Waals surface area contributed by atoms with E-state index in [0.717, 1.165) is 11.1 Å². The maximum atomic E-state index is 14.8. The first-order chi connectivity index (χ1) is 28.5. The molecule has 7 heterocycles. The first-order valence-electron chi connectivity index (χ1n) is 19.3. The molecule has 0 saturated carbocycles. The molecule has 1 spiro atoms. The topological polar surface area (TPSA) is 175 Å². The van der Waals surface area contributed by atoms with Crippen molar-refractivity contribution >= 4 is 29.7 Å². The van der Waals surface area contributed by atoms with E-state index in [-0.39, 0.29) is 49.4 Å². The van der Waals surface area contributed by atoms with E-state index in [0.29, 0.717) is 57.1 Å². The first-order valence-corrected chi connectivity index (χ1v) is 20.3. The second kappa shape index (κ2) is 14.3. The number of ether oxygens (including phenoxy) is 7. The van der Waals surface area contributed by atoms with Crippen LogP contribution in [0.5, 0.6) is 40.2 Å². The van der Waals surface area contributed by atoms with Gasteiger partial charge >= 0.3 is 24.1 Å². The molecule has 7 aliphatic heterocycles. The highest BCUT2D eigenvalue weighted by Crippen LogP contribution is 2.64. The minimum absolute atomic E-state index is 0.0423. The maximum absolute atomic E-state index is 14.8. The van der Waals surface area contributed by atoms with Crippen LogP contribution in [0.1, 0.15) is 68.8 Å². The van der Waals surface area contributed by atoms with E-state index in [4.69, 9.17) is 33.2 Å². The van der Waals surface area contributed by atoms with E-state index in [9.17, 15) is 37.8 Å². The molecule has 3 aromatic carbocycles. The Bertz CT molecular complexity index is 2360. The molecule has 1 unspecified atom stereocenters. The van der Waals surface area contributed by atoms with Crippen LogP contribution in [0.4, 0.5) is 13.2 Å². The number of piperazine rings is 1. The largest absolute Gasteiger partial charge is 0.504 e. The molecule has 2 saturated heterocycles. The average Bonchev–Trinajstić information content (AvgIpc) is 3.69. The number of carbonyl (C=O) groups excluding carboxylic acids is 3. The minimum Gasteiger partial charge on any atom is -0.504 e. The number of phenols is 1. The SMILES string of the molecule is COc1cc2c(cc1OC(=O)C(F)(F)F)CCN[C@]21CS[C@@H]2c3c(OC(C)=O)c(C)c4c(c3[C@H](COC1=O)N1C2[C@H]2c3c(cc(C)c(OC)c3O)C[C@@H]([C@@H]1O)N2C)OCO4. The normalized spacial score (nSPS) is 27.9. The van der Waals surface area contributed by atoms with Crippen LogP contribution in [0.3, 0.4) is 0 Å². The number of thioether (sulfide) groups is 1. The lowest BCUT2D eigenvalue weighted by Crippen LogP contribution is -2.70. The summed E-state index contributed by atoms with van der Waals surface area (Å²) in [6.07, 6.45) is -5.80. The van der Waals surface area contributed by atoms with Gasteiger partial charge in [-0.1, -0.05) is 6.07 Å². The molecule has 0 aromatic heterocycles. The van der Waals surface area contributed by atoms with Gasteiger partial charge in [-0.3, -0.25) is 19.9 Å². The van der Waals surface area contributed by atoms with Gasteiger partial charge in [-0.15, -0.1) is 11.8 Å². The molecule has 4 bridgehead atoms. The third-order valence-corrected chi connectivity index (χ3v) is 14.2. The molecule has 60 heavy (non-hydrogen) atoms. The maximum Gasteiger partial charge on any atom is 0.491 e. The molecule has 320 valence electrons. The molecule has 0 amide bonds. The molecule has 3 N–H and O–H groups in total. The lowest BCUT2D eigenvalue weighted by molar-refractivity contribution is -0.189. The van der Waals surface area contributed by atoms with Gasteiger partial charge < -0.3 is 43.4 Å². The van der Waals surface area contributed by atoms with Gasteiger partial charge in [-0.05, 0) is 68.1 Å². The highest BCUT2D eigenvalue weighted by atomic mass is 32.2. The van der Waals surface area contributed by atoms with Crippen molar-refractivity contribution in [3.63, 3.8) is 0 Å². The molecule has 3 aromatic rings. The third-order valence-electron chi connectivity index (χ3n) is 12.7. The number of likely N-dealkylation sites (N-methyl/N-ethyl adjacent to an activating group) is 1. The van der Waals surface area contributed by atoms with E-state index < -0.39 is 71.0 Å². The number of halogens is 3. The Morgan fingerprint density at radius 3 is 2.43 bits per heavy atom. The highest BCUT2D eigenvalue weighted by Gasteiger charge is 2.61. The summed E-state index contributed by atoms with van der Waals surface area (Å²) in [5.41, 5.74) is 2.86. The lowest BCUT2D eigenvalue weighted by atomic mass is 9.73. The number of carbonyl (C=O) groups is 3. The summed E-state index contributed by atoms with van der Waals surface area (Å²) in [6.45, 7) is 4.59. The van der Waals surface area contributed by atoms with Crippen molar-refractivity contribution in [1.82, 2.24) is 15.1 Å². The number of fused-ring (bicyclic) bond motifs is 9. The number of alkyl halides is 3. The summed E-state index contributed by atoms with van der Waals surface area (Å²) in [5, 5.41) is 27.2. The zero-order valence-electron chi connectivity index (χ0n) is 33.4. The molecule has 0 radical (unpaired) electrons. The number of hydrogen-bond donors (Lipinski definition) is 3. The van der Waals surface area contributed by atoms with Gasteiger partial charge in [-0.25, -0.2) is 9.59 Å².